The van der Waals surface area contributed by atoms with Crippen LogP contribution in [0, 0.1) is 5.92 Å². The van der Waals surface area contributed by atoms with E-state index in [1.165, 1.54) is 0 Å². The van der Waals surface area contributed by atoms with Gasteiger partial charge in [0, 0.05) is 26.1 Å². The van der Waals surface area contributed by atoms with Crippen LogP contribution in [-0.4, -0.2) is 61.4 Å². The van der Waals surface area contributed by atoms with Crippen LogP contribution in [0.1, 0.15) is 25.7 Å². The van der Waals surface area contributed by atoms with Crippen molar-refractivity contribution in [1.82, 2.24) is 15.1 Å². The van der Waals surface area contributed by atoms with Crippen molar-refractivity contribution in [3.63, 3.8) is 0 Å². The molecule has 1 unspecified atom stereocenters. The number of nitrogens with zero attached hydrogens (tertiary/aromatic N) is 2. The second-order valence-electron chi connectivity index (χ2n) is 5.52. The molecule has 0 aromatic carbocycles. The predicted octanol–water partition coefficient (Wildman–Crippen LogP) is 0.0652. The second-order valence-corrected chi connectivity index (χ2v) is 5.52. The number of nitrogens with one attached hydrogen (secondary N) is 1. The van der Waals surface area contributed by atoms with E-state index in [0.29, 0.717) is 25.4 Å². The molecule has 0 radical (unpaired) electrons. The lowest BCUT2D eigenvalue weighted by Crippen LogP contribution is -2.49. The number of hydrogen-bond acceptors (Lipinski definition) is 3. The summed E-state index contributed by atoms with van der Waals surface area (Å²) in [5, 5.41) is 2.78. The minimum atomic E-state index is -0.0210. The third-order valence-electron chi connectivity index (χ3n) is 4.20. The highest BCUT2D eigenvalue weighted by molar-refractivity contribution is 5.83. The lowest BCUT2D eigenvalue weighted by atomic mass is 9.95. The number of amides is 2. The fourth-order valence-corrected chi connectivity index (χ4v) is 2.79. The highest BCUT2D eigenvalue weighted by atomic mass is 16.2. The normalized spacial score (nSPS) is 26.8. The molecule has 0 aromatic rings. The Kier molecular flexibility index (Phi) is 4.22. The van der Waals surface area contributed by atoms with Crippen LogP contribution in [0.5, 0.6) is 0 Å². The van der Waals surface area contributed by atoms with Crippen LogP contribution in [0.25, 0.3) is 0 Å². The predicted molar refractivity (Wildman–Crippen MR) is 69.0 cm³/mol. The number of likely N-dealkylation sites (tertiary alicyclic amines) is 1. The molecule has 1 atom stereocenters. The van der Waals surface area contributed by atoms with E-state index in [2.05, 4.69) is 17.3 Å². The van der Waals surface area contributed by atoms with Gasteiger partial charge in [-0.25, -0.2) is 0 Å². The Morgan fingerprint density at radius 3 is 2.56 bits per heavy atom. The van der Waals surface area contributed by atoms with Gasteiger partial charge < -0.3 is 15.1 Å². The Balaban J connectivity index is 1.86. The number of carbonyl (C=O) groups is 2. The number of piperidine rings is 2. The fraction of sp³-hybridized carbons (Fsp3) is 0.846. The Morgan fingerprint density at radius 2 is 2.00 bits per heavy atom. The summed E-state index contributed by atoms with van der Waals surface area (Å²) in [6, 6.07) is 0.367. The maximum Gasteiger partial charge on any atom is 0.227 e. The van der Waals surface area contributed by atoms with Gasteiger partial charge in [0.25, 0.3) is 0 Å². The van der Waals surface area contributed by atoms with E-state index in [9.17, 15) is 9.59 Å². The van der Waals surface area contributed by atoms with E-state index in [0.717, 1.165) is 25.9 Å². The van der Waals surface area contributed by atoms with Crippen LogP contribution in [0.3, 0.4) is 0 Å². The first-order valence-corrected chi connectivity index (χ1v) is 6.80. The molecule has 0 saturated carbocycles. The Hall–Kier alpha value is -1.10. The van der Waals surface area contributed by atoms with Crippen molar-refractivity contribution in [3.05, 3.63) is 0 Å². The van der Waals surface area contributed by atoms with Crippen molar-refractivity contribution < 1.29 is 9.59 Å². The van der Waals surface area contributed by atoms with Gasteiger partial charge in [0.1, 0.15) is 0 Å². The van der Waals surface area contributed by atoms with E-state index >= 15 is 0 Å². The van der Waals surface area contributed by atoms with Crippen LogP contribution < -0.4 is 5.32 Å². The zero-order valence-electron chi connectivity index (χ0n) is 11.3. The molecule has 2 heterocycles. The van der Waals surface area contributed by atoms with Crippen LogP contribution in [0.15, 0.2) is 0 Å². The summed E-state index contributed by atoms with van der Waals surface area (Å²) in [6.45, 7) is 2.63. The van der Waals surface area contributed by atoms with Crippen LogP contribution in [0.2, 0.25) is 0 Å². The van der Waals surface area contributed by atoms with Gasteiger partial charge in [-0.05, 0) is 39.4 Å². The maximum absolute atomic E-state index is 12.3. The smallest absolute Gasteiger partial charge is 0.227 e. The maximum atomic E-state index is 12.3. The number of rotatable bonds is 2. The molecule has 0 aliphatic carbocycles. The largest absolute Gasteiger partial charge is 0.355 e. The Labute approximate surface area is 108 Å². The molecule has 0 bridgehead atoms. The Morgan fingerprint density at radius 1 is 1.33 bits per heavy atom. The first-order valence-electron chi connectivity index (χ1n) is 6.80. The summed E-state index contributed by atoms with van der Waals surface area (Å²) in [5.74, 6) is 0.248. The molecule has 0 aromatic heterocycles. The summed E-state index contributed by atoms with van der Waals surface area (Å²) in [5.41, 5.74) is 0. The van der Waals surface area contributed by atoms with Gasteiger partial charge in [-0.15, -0.1) is 0 Å². The molecule has 2 aliphatic heterocycles. The van der Waals surface area contributed by atoms with Crippen molar-refractivity contribution in [2.45, 2.75) is 31.7 Å². The fourth-order valence-electron chi connectivity index (χ4n) is 2.79. The van der Waals surface area contributed by atoms with Gasteiger partial charge in [-0.3, -0.25) is 9.59 Å². The van der Waals surface area contributed by atoms with Gasteiger partial charge in [0.2, 0.25) is 11.8 Å². The molecule has 1 N–H and O–H groups in total. The minimum Gasteiger partial charge on any atom is -0.355 e. The highest BCUT2D eigenvalue weighted by Gasteiger charge is 2.31. The summed E-state index contributed by atoms with van der Waals surface area (Å²) in [4.78, 5) is 27.7. The van der Waals surface area contributed by atoms with Crippen LogP contribution in [-0.2, 0) is 9.59 Å². The summed E-state index contributed by atoms with van der Waals surface area (Å²) in [7, 11) is 4.03. The molecule has 18 heavy (non-hydrogen) atoms. The highest BCUT2D eigenvalue weighted by Crippen LogP contribution is 2.19. The van der Waals surface area contributed by atoms with Gasteiger partial charge in [0.15, 0.2) is 0 Å². The zero-order chi connectivity index (χ0) is 13.1. The van der Waals surface area contributed by atoms with Crippen molar-refractivity contribution in [2.24, 2.45) is 5.92 Å². The van der Waals surface area contributed by atoms with E-state index in [1.54, 1.807) is 0 Å². The first kappa shape index (κ1) is 13.3. The summed E-state index contributed by atoms with van der Waals surface area (Å²) in [6.07, 6.45) is 3.29. The van der Waals surface area contributed by atoms with E-state index < -0.39 is 0 Å². The first-order chi connectivity index (χ1) is 8.58. The molecule has 5 nitrogen and oxygen atoms in total. The average molecular weight is 253 g/mol. The van der Waals surface area contributed by atoms with Crippen molar-refractivity contribution in [2.75, 3.05) is 33.7 Å². The second kappa shape index (κ2) is 5.69. The molecule has 2 saturated heterocycles. The lowest BCUT2D eigenvalue weighted by Gasteiger charge is -2.37. The average Bonchev–Trinajstić information content (AvgIpc) is 2.39. The quantitative estimate of drug-likeness (QED) is 0.757. The van der Waals surface area contributed by atoms with Gasteiger partial charge >= 0.3 is 0 Å². The third kappa shape index (κ3) is 3.02. The molecular formula is C13H23N3O2. The van der Waals surface area contributed by atoms with Crippen LogP contribution >= 0.6 is 0 Å². The summed E-state index contributed by atoms with van der Waals surface area (Å²) < 4.78 is 0. The monoisotopic (exact) mass is 253 g/mol. The van der Waals surface area contributed by atoms with Crippen LogP contribution in [0.4, 0.5) is 0 Å². The molecule has 2 amide bonds. The third-order valence-corrected chi connectivity index (χ3v) is 4.20. The standard InChI is InChI=1S/C13H23N3O2/c1-15-7-5-11(6-8-15)16(2)13(18)10-3-4-12(17)14-9-10/h10-11H,3-9H2,1-2H3,(H,14,17). The number of carbonyl (C=O) groups excluding carboxylic acids is 2. The number of hydrogen-bond donors (Lipinski definition) is 1. The summed E-state index contributed by atoms with van der Waals surface area (Å²) >= 11 is 0. The zero-order valence-corrected chi connectivity index (χ0v) is 11.3. The van der Waals surface area contributed by atoms with E-state index in [1.807, 2.05) is 11.9 Å². The SMILES string of the molecule is CN1CCC(N(C)C(=O)C2CCC(=O)NC2)CC1. The molecule has 0 spiro atoms. The van der Waals surface area contributed by atoms with E-state index in [4.69, 9.17) is 0 Å². The lowest BCUT2D eigenvalue weighted by molar-refractivity contribution is -0.139. The van der Waals surface area contributed by atoms with Crippen molar-refractivity contribution in [3.8, 4) is 0 Å². The Bertz CT molecular complexity index is 314. The molecule has 2 fully saturated rings. The van der Waals surface area contributed by atoms with Gasteiger partial charge in [0.05, 0.1) is 5.92 Å². The molecule has 5 heteroatoms. The molecule has 102 valence electrons. The van der Waals surface area contributed by atoms with E-state index in [-0.39, 0.29) is 17.7 Å². The van der Waals surface area contributed by atoms with Gasteiger partial charge in [-0.2, -0.15) is 0 Å². The molecular weight excluding hydrogens is 230 g/mol. The molecule has 2 rings (SSSR count). The minimum absolute atomic E-state index is 0.0210. The van der Waals surface area contributed by atoms with Crippen molar-refractivity contribution in [1.29, 1.82) is 0 Å². The van der Waals surface area contributed by atoms with Crippen molar-refractivity contribution >= 4 is 11.8 Å². The molecule has 2 aliphatic rings. The van der Waals surface area contributed by atoms with Gasteiger partial charge in [-0.1, -0.05) is 0 Å². The topological polar surface area (TPSA) is 52.7 Å².